The van der Waals surface area contributed by atoms with Crippen LogP contribution in [0.15, 0.2) is 51.7 Å². The van der Waals surface area contributed by atoms with Gasteiger partial charge in [0.15, 0.2) is 0 Å². The fourth-order valence-corrected chi connectivity index (χ4v) is 5.81. The number of nitrogens with zero attached hydrogens (tertiary/aromatic N) is 1. The van der Waals surface area contributed by atoms with Crippen molar-refractivity contribution in [1.82, 2.24) is 15.3 Å². The standard InChI is InChI=1S/C25H30N3O8P.CH4O.H2O/c1-15-11-18(34-24(15)28(4)25(31)26-3)14-33-37(32,27-16(2)13-29)36-17-9-10-20-22(12-17)35-21-8-6-5-7-19(21)23(20)30;1-2;/h5-10,12-13,15-16,18,24H,11,14H2,1-4H3,(H,26,31)(H,27,32);2H,1H3;1H2/t15?,16-,18?,24?,37?;;/m0../s1. The summed E-state index contributed by atoms with van der Waals surface area (Å²) in [5.41, 5.74) is 0.469. The van der Waals surface area contributed by atoms with E-state index in [0.717, 1.165) is 7.11 Å². The maximum Gasteiger partial charge on any atom is 0.459 e. The second-order valence-corrected chi connectivity index (χ2v) is 10.7. The lowest BCUT2D eigenvalue weighted by Gasteiger charge is -2.27. The van der Waals surface area contributed by atoms with Gasteiger partial charge >= 0.3 is 13.8 Å². The Morgan fingerprint density at radius 3 is 2.58 bits per heavy atom. The molecule has 5 atom stereocenters. The Balaban J connectivity index is 0.00000183. The summed E-state index contributed by atoms with van der Waals surface area (Å²) >= 11 is 0. The summed E-state index contributed by atoms with van der Waals surface area (Å²) in [7, 11) is 0.0992. The van der Waals surface area contributed by atoms with Gasteiger partial charge in [-0.1, -0.05) is 19.1 Å². The highest BCUT2D eigenvalue weighted by Crippen LogP contribution is 2.46. The molecule has 0 bridgehead atoms. The molecule has 14 heteroatoms. The maximum absolute atomic E-state index is 13.6. The monoisotopic (exact) mass is 581 g/mol. The second-order valence-electron chi connectivity index (χ2n) is 9.05. The molecule has 1 aliphatic heterocycles. The van der Waals surface area contributed by atoms with Crippen molar-refractivity contribution in [2.24, 2.45) is 5.92 Å². The fourth-order valence-electron chi connectivity index (χ4n) is 4.32. The largest absolute Gasteiger partial charge is 0.459 e. The third-order valence-corrected chi connectivity index (χ3v) is 7.80. The average Bonchev–Trinajstić information content (AvgIpc) is 3.32. The molecule has 0 spiro atoms. The predicted octanol–water partition coefficient (Wildman–Crippen LogP) is 2.43. The topological polar surface area (TPSA) is 188 Å². The van der Waals surface area contributed by atoms with E-state index in [4.69, 9.17) is 23.3 Å². The number of nitrogens with one attached hydrogen (secondary N) is 2. The van der Waals surface area contributed by atoms with Crippen LogP contribution in [0, 0.1) is 5.92 Å². The number of benzene rings is 2. The summed E-state index contributed by atoms with van der Waals surface area (Å²) in [6, 6.07) is 10.2. The van der Waals surface area contributed by atoms with Crippen LogP contribution in [-0.2, 0) is 18.6 Å². The summed E-state index contributed by atoms with van der Waals surface area (Å²) < 4.78 is 36.9. The van der Waals surface area contributed by atoms with Crippen molar-refractivity contribution in [2.75, 3.05) is 27.8 Å². The van der Waals surface area contributed by atoms with E-state index < -0.39 is 26.1 Å². The van der Waals surface area contributed by atoms with Gasteiger partial charge in [0, 0.05) is 33.2 Å². The first-order chi connectivity index (χ1) is 18.6. The first-order valence-corrected chi connectivity index (χ1v) is 13.9. The molecule has 40 heavy (non-hydrogen) atoms. The van der Waals surface area contributed by atoms with Gasteiger partial charge in [-0.25, -0.2) is 14.4 Å². The smallest absolute Gasteiger partial charge is 0.456 e. The Bertz CT molecular complexity index is 1410. The van der Waals surface area contributed by atoms with Gasteiger partial charge in [0.2, 0.25) is 5.43 Å². The lowest BCUT2D eigenvalue weighted by Crippen LogP contribution is -2.44. The minimum atomic E-state index is -4.07. The number of ether oxygens (including phenoxy) is 1. The third-order valence-electron chi connectivity index (χ3n) is 6.14. The summed E-state index contributed by atoms with van der Waals surface area (Å²) in [6.07, 6.45) is 0.198. The van der Waals surface area contributed by atoms with Crippen molar-refractivity contribution in [3.05, 3.63) is 52.7 Å². The van der Waals surface area contributed by atoms with E-state index in [1.165, 1.54) is 37.1 Å². The summed E-state index contributed by atoms with van der Waals surface area (Å²) in [5, 5.41) is 12.9. The van der Waals surface area contributed by atoms with Crippen molar-refractivity contribution >= 4 is 42.0 Å². The molecule has 1 saturated heterocycles. The van der Waals surface area contributed by atoms with Crippen LogP contribution in [0.2, 0.25) is 0 Å². The molecule has 13 nitrogen and oxygen atoms in total. The van der Waals surface area contributed by atoms with Gasteiger partial charge in [-0.05, 0) is 37.6 Å². The molecule has 0 saturated carbocycles. The zero-order valence-corrected chi connectivity index (χ0v) is 23.8. The summed E-state index contributed by atoms with van der Waals surface area (Å²) in [5.74, 6) is 0.133. The van der Waals surface area contributed by atoms with Gasteiger partial charge in [-0.15, -0.1) is 0 Å². The number of aliphatic hydroxyl groups is 1. The van der Waals surface area contributed by atoms with Gasteiger partial charge in [0.1, 0.15) is 29.4 Å². The van der Waals surface area contributed by atoms with Crippen molar-refractivity contribution in [1.29, 1.82) is 0 Å². The number of hydrogen-bond donors (Lipinski definition) is 3. The van der Waals surface area contributed by atoms with Crippen LogP contribution >= 0.6 is 7.75 Å². The number of aliphatic hydroxyl groups excluding tert-OH is 1. The van der Waals surface area contributed by atoms with Crippen molar-refractivity contribution in [2.45, 2.75) is 38.6 Å². The Hall–Kier alpha value is -3.32. The maximum atomic E-state index is 13.6. The highest BCUT2D eigenvalue weighted by Gasteiger charge is 2.39. The Kier molecular flexibility index (Phi) is 11.8. The molecular weight excluding hydrogens is 545 g/mol. The predicted molar refractivity (Wildman–Crippen MR) is 149 cm³/mol. The molecule has 2 amide bonds. The molecule has 4 unspecified atom stereocenters. The third kappa shape index (κ3) is 7.45. The van der Waals surface area contributed by atoms with Crippen LogP contribution < -0.4 is 20.4 Å². The lowest BCUT2D eigenvalue weighted by molar-refractivity contribution is -0.109. The number of aldehydes is 1. The average molecular weight is 582 g/mol. The highest BCUT2D eigenvalue weighted by atomic mass is 31.2. The number of urea groups is 1. The van der Waals surface area contributed by atoms with Crippen LogP contribution in [0.3, 0.4) is 0 Å². The zero-order valence-electron chi connectivity index (χ0n) is 23.0. The Morgan fingerprint density at radius 1 is 1.23 bits per heavy atom. The van der Waals surface area contributed by atoms with Gasteiger partial charge in [-0.2, -0.15) is 0 Å². The van der Waals surface area contributed by atoms with Crippen LogP contribution in [0.25, 0.3) is 21.9 Å². The lowest BCUT2D eigenvalue weighted by atomic mass is 10.1. The van der Waals surface area contributed by atoms with Crippen LogP contribution in [0.1, 0.15) is 20.3 Å². The fraction of sp³-hybridized carbons (Fsp3) is 0.423. The number of rotatable bonds is 9. The first kappa shape index (κ1) is 32.9. The number of carbonyl (C=O) groups excluding carboxylic acids is 2. The molecule has 2 heterocycles. The van der Waals surface area contributed by atoms with Crippen LogP contribution in [0.4, 0.5) is 4.79 Å². The van der Waals surface area contributed by atoms with Gasteiger partial charge in [0.05, 0.1) is 29.5 Å². The van der Waals surface area contributed by atoms with Crippen LogP contribution in [-0.4, -0.2) is 74.0 Å². The van der Waals surface area contributed by atoms with E-state index in [9.17, 15) is 18.9 Å². The quantitative estimate of drug-likeness (QED) is 0.192. The molecule has 220 valence electrons. The number of para-hydroxylation sites is 1. The number of carbonyl (C=O) groups is 2. The van der Waals surface area contributed by atoms with Gasteiger partial charge in [0.25, 0.3) is 0 Å². The van der Waals surface area contributed by atoms with Crippen molar-refractivity contribution in [3.63, 3.8) is 0 Å². The summed E-state index contributed by atoms with van der Waals surface area (Å²) in [4.78, 5) is 37.5. The minimum Gasteiger partial charge on any atom is -0.456 e. The van der Waals surface area contributed by atoms with Crippen molar-refractivity contribution in [3.8, 4) is 5.75 Å². The molecule has 3 aromatic rings. The van der Waals surface area contributed by atoms with E-state index in [-0.39, 0.29) is 40.8 Å². The summed E-state index contributed by atoms with van der Waals surface area (Å²) in [6.45, 7) is 3.35. The Morgan fingerprint density at radius 2 is 1.90 bits per heavy atom. The molecule has 1 aliphatic rings. The zero-order chi connectivity index (χ0) is 28.7. The first-order valence-electron chi connectivity index (χ1n) is 12.3. The van der Waals surface area contributed by atoms with Crippen molar-refractivity contribution < 1.29 is 42.9 Å². The van der Waals surface area contributed by atoms with E-state index in [2.05, 4.69) is 10.4 Å². The van der Waals surface area contributed by atoms with E-state index in [1.807, 2.05) is 6.92 Å². The molecule has 0 radical (unpaired) electrons. The van der Waals surface area contributed by atoms with E-state index in [1.54, 1.807) is 31.3 Å². The molecular formula is C26H36N3O10P. The van der Waals surface area contributed by atoms with E-state index >= 15 is 0 Å². The molecule has 1 fully saturated rings. The molecule has 5 N–H and O–H groups in total. The number of fused-ring (bicyclic) bond motifs is 2. The van der Waals surface area contributed by atoms with Gasteiger partial charge in [-0.3, -0.25) is 9.32 Å². The van der Waals surface area contributed by atoms with E-state index in [0.29, 0.717) is 29.1 Å². The minimum absolute atomic E-state index is 0. The number of hydrogen-bond acceptors (Lipinski definition) is 9. The Labute approximate surface area is 231 Å². The number of amides is 2. The normalized spacial score (nSPS) is 20.4. The molecule has 2 aromatic carbocycles. The molecule has 0 aliphatic carbocycles. The van der Waals surface area contributed by atoms with Crippen LogP contribution in [0.5, 0.6) is 5.75 Å². The highest BCUT2D eigenvalue weighted by molar-refractivity contribution is 7.52. The molecule has 1 aromatic heterocycles. The SMILES string of the molecule is CNC(=O)N(C)C1OC(COP(=O)(N[C@@H](C)C=O)Oc2ccc3c(=O)c4ccccc4oc3c2)CC1C.CO.O. The van der Waals surface area contributed by atoms with Gasteiger partial charge < -0.3 is 39.3 Å². The second kappa shape index (κ2) is 14.4. The molecule has 4 rings (SSSR count).